The molecule has 0 aromatic rings. The lowest BCUT2D eigenvalue weighted by molar-refractivity contribution is 0.0610. The highest BCUT2D eigenvalue weighted by molar-refractivity contribution is 4.68. The fourth-order valence-electron chi connectivity index (χ4n) is 1.48. The van der Waals surface area contributed by atoms with E-state index in [0.29, 0.717) is 17.9 Å². The Labute approximate surface area is 94.8 Å². The van der Waals surface area contributed by atoms with E-state index in [1.165, 1.54) is 0 Å². The Bertz CT molecular complexity index is 151. The molecule has 92 valence electrons. The van der Waals surface area contributed by atoms with Crippen molar-refractivity contribution in [3.05, 3.63) is 0 Å². The molecule has 0 aromatic heterocycles. The second-order valence-electron chi connectivity index (χ2n) is 4.62. The van der Waals surface area contributed by atoms with E-state index in [4.69, 9.17) is 10.5 Å². The SMILES string of the molecule is CCC(COCC(C)C(C)NC)C(C)N. The Hall–Kier alpha value is -0.120. The van der Waals surface area contributed by atoms with Gasteiger partial charge in [-0.3, -0.25) is 0 Å². The van der Waals surface area contributed by atoms with Crippen LogP contribution in [-0.4, -0.2) is 32.3 Å². The van der Waals surface area contributed by atoms with E-state index in [1.54, 1.807) is 0 Å². The minimum Gasteiger partial charge on any atom is -0.381 e. The summed E-state index contributed by atoms with van der Waals surface area (Å²) in [5, 5.41) is 3.23. The highest BCUT2D eigenvalue weighted by Gasteiger charge is 2.14. The molecule has 0 amide bonds. The van der Waals surface area contributed by atoms with Crippen molar-refractivity contribution in [1.82, 2.24) is 5.32 Å². The zero-order valence-electron chi connectivity index (χ0n) is 10.9. The number of nitrogens with two attached hydrogens (primary N) is 1. The molecule has 0 aliphatic carbocycles. The number of ether oxygens (including phenoxy) is 1. The van der Waals surface area contributed by atoms with E-state index >= 15 is 0 Å². The molecule has 0 bridgehead atoms. The van der Waals surface area contributed by atoms with E-state index in [9.17, 15) is 0 Å². The van der Waals surface area contributed by atoms with Crippen LogP contribution in [0.4, 0.5) is 0 Å². The van der Waals surface area contributed by atoms with Gasteiger partial charge < -0.3 is 15.8 Å². The first-order chi connectivity index (χ1) is 7.02. The van der Waals surface area contributed by atoms with Gasteiger partial charge in [0.1, 0.15) is 0 Å². The first kappa shape index (κ1) is 14.9. The molecule has 4 unspecified atom stereocenters. The molecule has 0 saturated carbocycles. The lowest BCUT2D eigenvalue weighted by Crippen LogP contribution is -2.34. The molecule has 3 heteroatoms. The second-order valence-corrected chi connectivity index (χ2v) is 4.62. The van der Waals surface area contributed by atoms with Crippen LogP contribution >= 0.6 is 0 Å². The van der Waals surface area contributed by atoms with Gasteiger partial charge in [-0.2, -0.15) is 0 Å². The van der Waals surface area contributed by atoms with Crippen LogP contribution in [0, 0.1) is 11.8 Å². The van der Waals surface area contributed by atoms with Gasteiger partial charge in [-0.15, -0.1) is 0 Å². The molecular formula is C12H28N2O. The lowest BCUT2D eigenvalue weighted by atomic mass is 10.00. The van der Waals surface area contributed by atoms with Crippen molar-refractivity contribution >= 4 is 0 Å². The van der Waals surface area contributed by atoms with Crippen LogP contribution in [0.1, 0.15) is 34.1 Å². The average molecular weight is 216 g/mol. The standard InChI is InChI=1S/C12H28N2O/c1-6-12(10(3)13)8-15-7-9(2)11(4)14-5/h9-12,14H,6-8,13H2,1-5H3. The summed E-state index contributed by atoms with van der Waals surface area (Å²) in [5.41, 5.74) is 5.86. The summed E-state index contributed by atoms with van der Waals surface area (Å²) < 4.78 is 5.71. The minimum absolute atomic E-state index is 0.229. The summed E-state index contributed by atoms with van der Waals surface area (Å²) in [6.07, 6.45) is 1.09. The smallest absolute Gasteiger partial charge is 0.0509 e. The molecule has 0 rings (SSSR count). The van der Waals surface area contributed by atoms with Crippen LogP contribution in [0.3, 0.4) is 0 Å². The van der Waals surface area contributed by atoms with Crippen LogP contribution in [-0.2, 0) is 4.74 Å². The first-order valence-electron chi connectivity index (χ1n) is 6.03. The molecule has 0 spiro atoms. The monoisotopic (exact) mass is 216 g/mol. The molecule has 4 atom stereocenters. The quantitative estimate of drug-likeness (QED) is 0.648. The van der Waals surface area contributed by atoms with Gasteiger partial charge in [-0.25, -0.2) is 0 Å². The Kier molecular flexibility index (Phi) is 8.02. The number of nitrogens with one attached hydrogen (secondary N) is 1. The van der Waals surface area contributed by atoms with Gasteiger partial charge in [0.15, 0.2) is 0 Å². The summed E-state index contributed by atoms with van der Waals surface area (Å²) in [6, 6.07) is 0.729. The normalized spacial score (nSPS) is 19.6. The zero-order valence-corrected chi connectivity index (χ0v) is 10.9. The maximum Gasteiger partial charge on any atom is 0.0509 e. The molecule has 0 heterocycles. The van der Waals surface area contributed by atoms with Gasteiger partial charge in [-0.05, 0) is 39.2 Å². The molecule has 0 aromatic carbocycles. The van der Waals surface area contributed by atoms with Crippen LogP contribution in [0.2, 0.25) is 0 Å². The van der Waals surface area contributed by atoms with E-state index in [0.717, 1.165) is 19.6 Å². The first-order valence-corrected chi connectivity index (χ1v) is 6.03. The number of hydrogen-bond donors (Lipinski definition) is 2. The average Bonchev–Trinajstić information content (AvgIpc) is 2.22. The molecule has 3 nitrogen and oxygen atoms in total. The molecule has 0 fully saturated rings. The third-order valence-electron chi connectivity index (χ3n) is 3.29. The van der Waals surface area contributed by atoms with E-state index in [-0.39, 0.29) is 6.04 Å². The van der Waals surface area contributed by atoms with Gasteiger partial charge in [0.25, 0.3) is 0 Å². The van der Waals surface area contributed by atoms with Gasteiger partial charge in [0.2, 0.25) is 0 Å². The van der Waals surface area contributed by atoms with Crippen molar-refractivity contribution in [2.24, 2.45) is 17.6 Å². The molecule has 0 aliphatic heterocycles. The van der Waals surface area contributed by atoms with Crippen LogP contribution in [0.5, 0.6) is 0 Å². The Balaban J connectivity index is 3.68. The maximum atomic E-state index is 5.86. The Morgan fingerprint density at radius 1 is 1.20 bits per heavy atom. The second kappa shape index (κ2) is 8.08. The van der Waals surface area contributed by atoms with Crippen LogP contribution in [0.15, 0.2) is 0 Å². The van der Waals surface area contributed by atoms with Gasteiger partial charge in [-0.1, -0.05) is 13.8 Å². The third kappa shape index (κ3) is 6.13. The number of rotatable bonds is 8. The predicted octanol–water partition coefficient (Wildman–Crippen LogP) is 1.62. The summed E-state index contributed by atoms with van der Waals surface area (Å²) >= 11 is 0. The highest BCUT2D eigenvalue weighted by Crippen LogP contribution is 2.09. The topological polar surface area (TPSA) is 47.3 Å². The Morgan fingerprint density at radius 3 is 2.20 bits per heavy atom. The number of hydrogen-bond acceptors (Lipinski definition) is 3. The highest BCUT2D eigenvalue weighted by atomic mass is 16.5. The van der Waals surface area contributed by atoms with Crippen LogP contribution in [0.25, 0.3) is 0 Å². The van der Waals surface area contributed by atoms with Gasteiger partial charge in [0.05, 0.1) is 13.2 Å². The fourth-order valence-corrected chi connectivity index (χ4v) is 1.48. The summed E-state index contributed by atoms with van der Waals surface area (Å²) in [7, 11) is 1.98. The largest absolute Gasteiger partial charge is 0.381 e. The molecule has 0 radical (unpaired) electrons. The van der Waals surface area contributed by atoms with Crippen molar-refractivity contribution in [2.45, 2.75) is 46.2 Å². The van der Waals surface area contributed by atoms with Crippen molar-refractivity contribution in [1.29, 1.82) is 0 Å². The summed E-state index contributed by atoms with van der Waals surface area (Å²) in [4.78, 5) is 0. The fraction of sp³-hybridized carbons (Fsp3) is 1.00. The molecule has 0 aliphatic rings. The summed E-state index contributed by atoms with van der Waals surface area (Å²) in [6.45, 7) is 10.2. The third-order valence-corrected chi connectivity index (χ3v) is 3.29. The van der Waals surface area contributed by atoms with Crippen molar-refractivity contribution in [3.63, 3.8) is 0 Å². The summed E-state index contributed by atoms with van der Waals surface area (Å²) in [5.74, 6) is 1.03. The predicted molar refractivity (Wildman–Crippen MR) is 65.9 cm³/mol. The van der Waals surface area contributed by atoms with Crippen molar-refractivity contribution in [2.75, 3.05) is 20.3 Å². The lowest BCUT2D eigenvalue weighted by Gasteiger charge is -2.22. The van der Waals surface area contributed by atoms with Gasteiger partial charge in [0, 0.05) is 12.1 Å². The zero-order chi connectivity index (χ0) is 11.8. The van der Waals surface area contributed by atoms with E-state index in [1.807, 2.05) is 7.05 Å². The molecule has 0 saturated heterocycles. The van der Waals surface area contributed by atoms with Crippen molar-refractivity contribution in [3.8, 4) is 0 Å². The molecular weight excluding hydrogens is 188 g/mol. The minimum atomic E-state index is 0.229. The van der Waals surface area contributed by atoms with Crippen molar-refractivity contribution < 1.29 is 4.74 Å². The molecule has 3 N–H and O–H groups in total. The van der Waals surface area contributed by atoms with Gasteiger partial charge >= 0.3 is 0 Å². The Morgan fingerprint density at radius 2 is 1.80 bits per heavy atom. The van der Waals surface area contributed by atoms with E-state index < -0.39 is 0 Å². The van der Waals surface area contributed by atoms with Crippen LogP contribution < -0.4 is 11.1 Å². The molecule has 15 heavy (non-hydrogen) atoms. The van der Waals surface area contributed by atoms with E-state index in [2.05, 4.69) is 33.0 Å². The maximum absolute atomic E-state index is 5.86.